The molecule has 1 heterocycles. The van der Waals surface area contributed by atoms with Gasteiger partial charge in [-0.1, -0.05) is 19.1 Å². The molecule has 9 heteroatoms. The zero-order valence-electron chi connectivity index (χ0n) is 17.8. The quantitative estimate of drug-likeness (QED) is 0.328. The van der Waals surface area contributed by atoms with E-state index in [1.165, 1.54) is 31.4 Å². The Bertz CT molecular complexity index is 1010. The lowest BCUT2D eigenvalue weighted by atomic mass is 9.69. The fraction of sp³-hybridized carbons (Fsp3) is 0.409. The summed E-state index contributed by atoms with van der Waals surface area (Å²) in [5.74, 6) is -3.75. The average Bonchev–Trinajstić information content (AvgIpc) is 2.72. The summed E-state index contributed by atoms with van der Waals surface area (Å²) in [4.78, 5) is 49.2. The van der Waals surface area contributed by atoms with E-state index in [9.17, 15) is 24.5 Å². The first kappa shape index (κ1) is 22.2. The van der Waals surface area contributed by atoms with Gasteiger partial charge in [0, 0.05) is 35.0 Å². The van der Waals surface area contributed by atoms with Crippen molar-refractivity contribution >= 4 is 23.4 Å². The van der Waals surface area contributed by atoms with Crippen molar-refractivity contribution in [1.29, 1.82) is 0 Å². The molecule has 0 radical (unpaired) electrons. The van der Waals surface area contributed by atoms with Crippen LogP contribution in [0, 0.1) is 22.0 Å². The Kier molecular flexibility index (Phi) is 6.24. The van der Waals surface area contributed by atoms with E-state index in [2.05, 4.69) is 5.32 Å². The molecule has 1 N–H and O–H groups in total. The molecule has 1 aromatic rings. The third-order valence-electron chi connectivity index (χ3n) is 5.68. The van der Waals surface area contributed by atoms with Crippen LogP contribution in [0.1, 0.15) is 38.7 Å². The van der Waals surface area contributed by atoms with Crippen LogP contribution in [0.2, 0.25) is 0 Å². The minimum atomic E-state index is -0.993. The van der Waals surface area contributed by atoms with Gasteiger partial charge >= 0.3 is 11.9 Å². The Morgan fingerprint density at radius 2 is 1.90 bits per heavy atom. The third kappa shape index (κ3) is 3.95. The van der Waals surface area contributed by atoms with E-state index in [1.54, 1.807) is 20.8 Å². The second-order valence-corrected chi connectivity index (χ2v) is 7.60. The largest absolute Gasteiger partial charge is 0.468 e. The predicted molar refractivity (Wildman–Crippen MR) is 110 cm³/mol. The van der Waals surface area contributed by atoms with Gasteiger partial charge in [-0.3, -0.25) is 19.7 Å². The lowest BCUT2D eigenvalue weighted by molar-refractivity contribution is -0.384. The van der Waals surface area contributed by atoms with Crippen LogP contribution in [-0.2, 0) is 23.9 Å². The number of carbonyl (C=O) groups excluding carboxylic acids is 3. The zero-order valence-corrected chi connectivity index (χ0v) is 17.8. The number of ketones is 1. The van der Waals surface area contributed by atoms with E-state index in [-0.39, 0.29) is 29.4 Å². The number of methoxy groups -OCH3 is 1. The van der Waals surface area contributed by atoms with Gasteiger partial charge in [-0.2, -0.15) is 0 Å². The minimum Gasteiger partial charge on any atom is -0.468 e. The van der Waals surface area contributed by atoms with Gasteiger partial charge in [0.15, 0.2) is 5.78 Å². The maximum atomic E-state index is 13.5. The van der Waals surface area contributed by atoms with Gasteiger partial charge in [0.25, 0.3) is 5.69 Å². The SMILES string of the molecule is CCOC(=O)C1=C(C)NC2=C(C(=O)[C@@H](C(=O)OC)[C@H](C)C2)[C@@H]1c1ccc([N+](=O)[O-])cc1. The Labute approximate surface area is 179 Å². The maximum absolute atomic E-state index is 13.5. The Balaban J connectivity index is 2.18. The molecule has 1 aromatic carbocycles. The van der Waals surface area contributed by atoms with E-state index >= 15 is 0 Å². The number of Topliss-reactive ketones (excluding diaryl/α,β-unsaturated/α-hetero) is 1. The van der Waals surface area contributed by atoms with Crippen LogP contribution in [0.3, 0.4) is 0 Å². The van der Waals surface area contributed by atoms with Crippen molar-refractivity contribution in [3.05, 3.63) is 62.5 Å². The first-order valence-electron chi connectivity index (χ1n) is 9.95. The summed E-state index contributed by atoms with van der Waals surface area (Å²) in [5, 5.41) is 14.2. The van der Waals surface area contributed by atoms with Crippen molar-refractivity contribution in [2.45, 2.75) is 33.1 Å². The molecule has 1 aliphatic carbocycles. The number of nitro groups is 1. The lowest BCUT2D eigenvalue weighted by Gasteiger charge is -2.38. The number of benzene rings is 1. The molecule has 3 atom stereocenters. The highest BCUT2D eigenvalue weighted by molar-refractivity contribution is 6.12. The molecular weight excluding hydrogens is 404 g/mol. The van der Waals surface area contributed by atoms with Gasteiger partial charge in [0.1, 0.15) is 5.92 Å². The molecule has 0 unspecified atom stereocenters. The van der Waals surface area contributed by atoms with Gasteiger partial charge in [0.2, 0.25) is 0 Å². The second kappa shape index (κ2) is 8.71. The number of ether oxygens (including phenoxy) is 2. The molecule has 0 saturated carbocycles. The maximum Gasteiger partial charge on any atom is 0.336 e. The zero-order chi connectivity index (χ0) is 22.9. The number of hydrogen-bond acceptors (Lipinski definition) is 8. The monoisotopic (exact) mass is 428 g/mol. The highest BCUT2D eigenvalue weighted by atomic mass is 16.6. The molecule has 0 bridgehead atoms. The van der Waals surface area contributed by atoms with E-state index in [0.29, 0.717) is 23.4 Å². The second-order valence-electron chi connectivity index (χ2n) is 7.60. The number of nitrogens with one attached hydrogen (secondary N) is 1. The topological polar surface area (TPSA) is 125 Å². The van der Waals surface area contributed by atoms with Crippen molar-refractivity contribution < 1.29 is 28.8 Å². The standard InChI is InChI=1S/C22H24N2O7/c1-5-31-22(27)17-12(3)23-15-10-11(2)16(21(26)30-4)20(25)19(15)18(17)13-6-8-14(9-7-13)24(28)29/h6-9,11,16,18,23H,5,10H2,1-4H3/t11-,16+,18-/m1/s1. The highest BCUT2D eigenvalue weighted by Gasteiger charge is 2.47. The first-order chi connectivity index (χ1) is 14.7. The molecule has 0 aromatic heterocycles. The molecule has 0 amide bonds. The number of hydrogen-bond donors (Lipinski definition) is 1. The molecule has 1 aliphatic heterocycles. The number of nitro benzene ring substituents is 1. The van der Waals surface area contributed by atoms with Crippen LogP contribution in [-0.4, -0.2) is 36.4 Å². The van der Waals surface area contributed by atoms with E-state index in [0.717, 1.165) is 0 Å². The number of non-ortho nitro benzene ring substituents is 1. The van der Waals surface area contributed by atoms with E-state index in [1.807, 2.05) is 0 Å². The van der Waals surface area contributed by atoms with Gasteiger partial charge in [-0.25, -0.2) is 4.79 Å². The van der Waals surface area contributed by atoms with E-state index in [4.69, 9.17) is 9.47 Å². The molecular formula is C22H24N2O7. The van der Waals surface area contributed by atoms with Gasteiger partial charge in [0.05, 0.1) is 24.2 Å². The molecule has 9 nitrogen and oxygen atoms in total. The smallest absolute Gasteiger partial charge is 0.336 e. The van der Waals surface area contributed by atoms with Crippen molar-refractivity contribution in [1.82, 2.24) is 5.32 Å². The lowest BCUT2D eigenvalue weighted by Crippen LogP contribution is -2.43. The summed E-state index contributed by atoms with van der Waals surface area (Å²) < 4.78 is 10.1. The van der Waals surface area contributed by atoms with Gasteiger partial charge < -0.3 is 14.8 Å². The summed E-state index contributed by atoms with van der Waals surface area (Å²) in [5.41, 5.74) is 2.11. The summed E-state index contributed by atoms with van der Waals surface area (Å²) in [6.07, 6.45) is 0.414. The number of esters is 2. The van der Waals surface area contributed by atoms with Crippen molar-refractivity contribution in [3.8, 4) is 0 Å². The minimum absolute atomic E-state index is 0.110. The average molecular weight is 428 g/mol. The summed E-state index contributed by atoms with van der Waals surface area (Å²) >= 11 is 0. The van der Waals surface area contributed by atoms with E-state index < -0.39 is 34.5 Å². The Hall–Kier alpha value is -3.49. The fourth-order valence-corrected chi connectivity index (χ4v) is 4.28. The van der Waals surface area contributed by atoms with Crippen LogP contribution in [0.5, 0.6) is 0 Å². The summed E-state index contributed by atoms with van der Waals surface area (Å²) in [7, 11) is 1.23. The van der Waals surface area contributed by atoms with Crippen LogP contribution < -0.4 is 5.32 Å². The van der Waals surface area contributed by atoms with Crippen molar-refractivity contribution in [2.75, 3.05) is 13.7 Å². The number of allylic oxidation sites excluding steroid dienone is 3. The predicted octanol–water partition coefficient (Wildman–Crippen LogP) is 2.77. The Morgan fingerprint density at radius 1 is 1.26 bits per heavy atom. The number of dihydropyridines is 1. The normalized spacial score (nSPS) is 23.1. The van der Waals surface area contributed by atoms with Crippen LogP contribution in [0.4, 0.5) is 5.69 Å². The number of nitrogens with zero attached hydrogens (tertiary/aromatic N) is 1. The third-order valence-corrected chi connectivity index (χ3v) is 5.68. The van der Waals surface area contributed by atoms with Crippen molar-refractivity contribution in [3.63, 3.8) is 0 Å². The van der Waals surface area contributed by atoms with Gasteiger partial charge in [-0.15, -0.1) is 0 Å². The number of carbonyl (C=O) groups is 3. The van der Waals surface area contributed by atoms with Crippen molar-refractivity contribution in [2.24, 2.45) is 11.8 Å². The van der Waals surface area contributed by atoms with Crippen LogP contribution in [0.15, 0.2) is 46.8 Å². The molecule has 31 heavy (non-hydrogen) atoms. The summed E-state index contributed by atoms with van der Waals surface area (Å²) in [6, 6.07) is 5.68. The molecule has 0 fully saturated rings. The molecule has 0 saturated heterocycles. The molecule has 0 spiro atoms. The molecule has 2 aliphatic rings. The number of rotatable bonds is 5. The molecule has 164 valence electrons. The first-order valence-corrected chi connectivity index (χ1v) is 9.95. The highest BCUT2D eigenvalue weighted by Crippen LogP contribution is 2.45. The van der Waals surface area contributed by atoms with Gasteiger partial charge in [-0.05, 0) is 31.7 Å². The van der Waals surface area contributed by atoms with Crippen LogP contribution in [0.25, 0.3) is 0 Å². The molecule has 3 rings (SSSR count). The van der Waals surface area contributed by atoms with Crippen LogP contribution >= 0.6 is 0 Å². The summed E-state index contributed by atoms with van der Waals surface area (Å²) in [6.45, 7) is 5.34. The fourth-order valence-electron chi connectivity index (χ4n) is 4.28. The Morgan fingerprint density at radius 3 is 2.45 bits per heavy atom.